The van der Waals surface area contributed by atoms with Gasteiger partial charge in [-0.3, -0.25) is 4.98 Å². The van der Waals surface area contributed by atoms with Crippen molar-refractivity contribution in [3.63, 3.8) is 0 Å². The van der Waals surface area contributed by atoms with Crippen LogP contribution in [0.4, 0.5) is 4.39 Å². The summed E-state index contributed by atoms with van der Waals surface area (Å²) in [4.78, 5) is 4.38. The maximum atomic E-state index is 13.5. The zero-order valence-electron chi connectivity index (χ0n) is 13.4. The number of rotatable bonds is 2. The van der Waals surface area contributed by atoms with Gasteiger partial charge >= 0.3 is 0 Å². The van der Waals surface area contributed by atoms with E-state index < -0.39 is 5.82 Å². The number of halogens is 2. The number of nitrogens with zero attached hydrogens (tertiary/aromatic N) is 1. The molecule has 2 aromatic rings. The minimum absolute atomic E-state index is 0.118. The molecule has 0 saturated heterocycles. The Morgan fingerprint density at radius 2 is 1.96 bits per heavy atom. The Morgan fingerprint density at radius 3 is 2.58 bits per heavy atom. The first-order chi connectivity index (χ1) is 11.7. The summed E-state index contributed by atoms with van der Waals surface area (Å²) in [5.41, 5.74) is 2.31. The lowest BCUT2D eigenvalue weighted by Gasteiger charge is -2.22. The minimum Gasteiger partial charge on any atom is -0.255 e. The van der Waals surface area contributed by atoms with Gasteiger partial charge in [-0.25, -0.2) is 4.39 Å². The molecular formula is C21H19ClFN. The van der Waals surface area contributed by atoms with Gasteiger partial charge < -0.3 is 0 Å². The molecule has 1 nitrogen and oxygen atoms in total. The lowest BCUT2D eigenvalue weighted by atomic mass is 9.82. The van der Waals surface area contributed by atoms with Crippen molar-refractivity contribution in [3.8, 4) is 23.1 Å². The molecule has 0 bridgehead atoms. The molecule has 1 aliphatic rings. The van der Waals surface area contributed by atoms with Crippen LogP contribution in [0.3, 0.4) is 0 Å². The van der Waals surface area contributed by atoms with Gasteiger partial charge in [-0.1, -0.05) is 35.6 Å². The molecule has 1 aliphatic carbocycles. The lowest BCUT2D eigenvalue weighted by Crippen LogP contribution is -2.11. The molecular weight excluding hydrogens is 321 g/mol. The summed E-state index contributed by atoms with van der Waals surface area (Å²) >= 11 is 5.71. The van der Waals surface area contributed by atoms with E-state index in [0.717, 1.165) is 18.4 Å². The molecule has 3 rings (SSSR count). The zero-order valence-corrected chi connectivity index (χ0v) is 14.2. The molecule has 0 atom stereocenters. The topological polar surface area (TPSA) is 12.9 Å². The fourth-order valence-corrected chi connectivity index (χ4v) is 3.10. The molecule has 122 valence electrons. The monoisotopic (exact) mass is 339 g/mol. The third kappa shape index (κ3) is 4.04. The molecule has 24 heavy (non-hydrogen) atoms. The Balaban J connectivity index is 1.68. The molecule has 1 aromatic heterocycles. The van der Waals surface area contributed by atoms with Crippen molar-refractivity contribution in [2.24, 2.45) is 11.8 Å². The molecule has 3 heteroatoms. The number of hydrogen-bond donors (Lipinski definition) is 0. The largest absolute Gasteiger partial charge is 0.255 e. The second-order valence-electron chi connectivity index (χ2n) is 6.18. The quantitative estimate of drug-likeness (QED) is 0.491. The van der Waals surface area contributed by atoms with Crippen molar-refractivity contribution in [2.75, 3.05) is 0 Å². The molecule has 1 heterocycles. The summed E-state index contributed by atoms with van der Waals surface area (Å²) in [6, 6.07) is 8.49. The van der Waals surface area contributed by atoms with Gasteiger partial charge in [0.1, 0.15) is 5.82 Å². The molecule has 1 fully saturated rings. The van der Waals surface area contributed by atoms with Crippen LogP contribution in [0.1, 0.15) is 31.2 Å². The Kier molecular flexibility index (Phi) is 5.33. The van der Waals surface area contributed by atoms with Crippen molar-refractivity contribution in [3.05, 3.63) is 65.6 Å². The highest BCUT2D eigenvalue weighted by molar-refractivity contribution is 6.30. The van der Waals surface area contributed by atoms with Gasteiger partial charge in [0.2, 0.25) is 0 Å². The van der Waals surface area contributed by atoms with E-state index in [1.165, 1.54) is 18.9 Å². The van der Waals surface area contributed by atoms with E-state index in [9.17, 15) is 4.39 Å². The highest BCUT2D eigenvalue weighted by atomic mass is 35.5. The predicted octanol–water partition coefficient (Wildman–Crippen LogP) is 5.89. The van der Waals surface area contributed by atoms with Gasteiger partial charge in [-0.2, -0.15) is 0 Å². The number of benzene rings is 1. The molecule has 0 amide bonds. The van der Waals surface area contributed by atoms with Gasteiger partial charge in [-0.05, 0) is 55.9 Å². The molecule has 0 radical (unpaired) electrons. The van der Waals surface area contributed by atoms with Crippen LogP contribution in [-0.4, -0.2) is 4.98 Å². The van der Waals surface area contributed by atoms with E-state index >= 15 is 0 Å². The molecule has 0 spiro atoms. The molecule has 0 aliphatic heterocycles. The smallest absolute Gasteiger partial charge is 0.142 e. The molecule has 0 N–H and O–H groups in total. The number of hydrogen-bond acceptors (Lipinski definition) is 1. The van der Waals surface area contributed by atoms with Gasteiger partial charge in [0, 0.05) is 23.2 Å². The Hall–Kier alpha value is -2.11. The second kappa shape index (κ2) is 7.64. The van der Waals surface area contributed by atoms with E-state index in [1.54, 1.807) is 18.3 Å². The second-order valence-corrected chi connectivity index (χ2v) is 6.58. The van der Waals surface area contributed by atoms with Crippen LogP contribution in [0.5, 0.6) is 0 Å². The average molecular weight is 340 g/mol. The van der Waals surface area contributed by atoms with Crippen LogP contribution >= 0.6 is 11.6 Å². The predicted molar refractivity (Wildman–Crippen MR) is 97.2 cm³/mol. The summed E-state index contributed by atoms with van der Waals surface area (Å²) in [6.45, 7) is 3.87. The fraction of sp³-hybridized carbons (Fsp3) is 0.286. The fourth-order valence-electron chi connectivity index (χ4n) is 2.98. The summed E-state index contributed by atoms with van der Waals surface area (Å²) in [6.07, 6.45) is 8.44. The number of allylic oxidation sites excluding steroid dienone is 1. The SMILES string of the molecule is C=CC1CCC(C#Cc2ccc(-c3ccc(Cl)c(F)c3)nc2)CC1. The van der Waals surface area contributed by atoms with Crippen LogP contribution in [0.15, 0.2) is 49.2 Å². The number of pyridine rings is 1. The highest BCUT2D eigenvalue weighted by Crippen LogP contribution is 2.29. The van der Waals surface area contributed by atoms with Crippen molar-refractivity contribution < 1.29 is 4.39 Å². The standard InChI is InChI=1S/C21H19ClFN/c1-2-15-3-5-16(6-4-15)7-8-17-9-12-21(24-14-17)18-10-11-19(22)20(23)13-18/h2,9-16H,1,3-6H2. The van der Waals surface area contributed by atoms with Crippen LogP contribution in [0, 0.1) is 29.5 Å². The molecule has 1 saturated carbocycles. The average Bonchev–Trinajstić information content (AvgIpc) is 2.63. The maximum Gasteiger partial charge on any atom is 0.142 e. The normalized spacial score (nSPS) is 20.1. The lowest BCUT2D eigenvalue weighted by molar-refractivity contribution is 0.365. The van der Waals surface area contributed by atoms with E-state index in [-0.39, 0.29) is 5.02 Å². The first kappa shape index (κ1) is 16.7. The van der Waals surface area contributed by atoms with Crippen molar-refractivity contribution in [2.45, 2.75) is 25.7 Å². The third-order valence-electron chi connectivity index (χ3n) is 4.50. The van der Waals surface area contributed by atoms with Crippen molar-refractivity contribution in [1.82, 2.24) is 4.98 Å². The van der Waals surface area contributed by atoms with E-state index in [2.05, 4.69) is 29.5 Å². The van der Waals surface area contributed by atoms with Gasteiger partial charge in [0.15, 0.2) is 0 Å². The Bertz CT molecular complexity index is 778. The van der Waals surface area contributed by atoms with Crippen LogP contribution in [0.2, 0.25) is 5.02 Å². The van der Waals surface area contributed by atoms with E-state index in [1.807, 2.05) is 12.1 Å². The van der Waals surface area contributed by atoms with Crippen molar-refractivity contribution >= 4 is 11.6 Å². The highest BCUT2D eigenvalue weighted by Gasteiger charge is 2.17. The number of aromatic nitrogens is 1. The summed E-state index contributed by atoms with van der Waals surface area (Å²) in [7, 11) is 0. The van der Waals surface area contributed by atoms with E-state index in [0.29, 0.717) is 23.1 Å². The first-order valence-electron chi connectivity index (χ1n) is 8.21. The Labute approximate surface area is 147 Å². The minimum atomic E-state index is -0.435. The van der Waals surface area contributed by atoms with Crippen LogP contribution in [-0.2, 0) is 0 Å². The first-order valence-corrected chi connectivity index (χ1v) is 8.59. The van der Waals surface area contributed by atoms with E-state index in [4.69, 9.17) is 11.6 Å². The molecule has 1 aromatic carbocycles. The molecule has 0 unspecified atom stereocenters. The Morgan fingerprint density at radius 1 is 1.17 bits per heavy atom. The third-order valence-corrected chi connectivity index (χ3v) is 4.81. The van der Waals surface area contributed by atoms with Crippen molar-refractivity contribution in [1.29, 1.82) is 0 Å². The van der Waals surface area contributed by atoms with Gasteiger partial charge in [-0.15, -0.1) is 6.58 Å². The van der Waals surface area contributed by atoms with Crippen LogP contribution in [0.25, 0.3) is 11.3 Å². The van der Waals surface area contributed by atoms with Gasteiger partial charge in [0.05, 0.1) is 10.7 Å². The van der Waals surface area contributed by atoms with Crippen LogP contribution < -0.4 is 0 Å². The summed E-state index contributed by atoms with van der Waals surface area (Å²) in [5, 5.41) is 0.118. The summed E-state index contributed by atoms with van der Waals surface area (Å²) < 4.78 is 13.5. The van der Waals surface area contributed by atoms with Gasteiger partial charge in [0.25, 0.3) is 0 Å². The summed E-state index contributed by atoms with van der Waals surface area (Å²) in [5.74, 6) is 7.25. The zero-order chi connectivity index (χ0) is 16.9. The maximum absolute atomic E-state index is 13.5.